The predicted octanol–water partition coefficient (Wildman–Crippen LogP) is 2.55. The second-order valence-corrected chi connectivity index (χ2v) is 8.23. The second-order valence-electron chi connectivity index (χ2n) is 4.28. The average Bonchev–Trinajstić information content (AvgIpc) is 2.42. The molecule has 0 aliphatic rings. The molecule has 124 valence electrons. The van der Waals surface area contributed by atoms with Crippen LogP contribution in [-0.4, -0.2) is 21.9 Å². The zero-order valence-electron chi connectivity index (χ0n) is 11.3. The molecule has 6 nitrogen and oxygen atoms in total. The van der Waals surface area contributed by atoms with E-state index in [1.165, 1.54) is 36.4 Å². The van der Waals surface area contributed by atoms with Gasteiger partial charge in [-0.25, -0.2) is 4.39 Å². The first-order valence-electron chi connectivity index (χ1n) is 6.01. The molecule has 0 unspecified atom stereocenters. The number of benzene rings is 2. The Balaban J connectivity index is 2.12. The SMILES string of the molecule is O=S(=O)(CS(=O)(=O)Oc1ccccc1F)Oc1ccc(Cl)cc1. The first-order valence-corrected chi connectivity index (χ1v) is 9.54. The molecule has 2 rings (SSSR count). The van der Waals surface area contributed by atoms with Crippen molar-refractivity contribution in [3.05, 3.63) is 59.4 Å². The van der Waals surface area contributed by atoms with Crippen molar-refractivity contribution < 1.29 is 29.6 Å². The van der Waals surface area contributed by atoms with E-state index in [0.717, 1.165) is 12.1 Å². The van der Waals surface area contributed by atoms with E-state index in [1.807, 2.05) is 0 Å². The van der Waals surface area contributed by atoms with Crippen LogP contribution in [0.15, 0.2) is 48.5 Å². The molecule has 0 amide bonds. The van der Waals surface area contributed by atoms with Crippen LogP contribution >= 0.6 is 11.6 Å². The molecule has 10 heteroatoms. The van der Waals surface area contributed by atoms with Gasteiger partial charge in [-0.2, -0.15) is 16.8 Å². The predicted molar refractivity (Wildman–Crippen MR) is 81.8 cm³/mol. The highest BCUT2D eigenvalue weighted by molar-refractivity contribution is 8.04. The third kappa shape index (κ3) is 5.38. The van der Waals surface area contributed by atoms with Gasteiger partial charge in [0.25, 0.3) is 0 Å². The van der Waals surface area contributed by atoms with Crippen molar-refractivity contribution >= 4 is 31.8 Å². The number of rotatable bonds is 6. The van der Waals surface area contributed by atoms with Crippen LogP contribution in [-0.2, 0) is 20.2 Å². The van der Waals surface area contributed by atoms with Crippen molar-refractivity contribution in [2.24, 2.45) is 0 Å². The van der Waals surface area contributed by atoms with Gasteiger partial charge in [-0.1, -0.05) is 23.7 Å². The summed E-state index contributed by atoms with van der Waals surface area (Å²) in [6.45, 7) is 0. The molecule has 0 bridgehead atoms. The summed E-state index contributed by atoms with van der Waals surface area (Å²) in [5, 5.41) is -1.12. The molecule has 0 atom stereocenters. The zero-order valence-corrected chi connectivity index (χ0v) is 13.7. The van der Waals surface area contributed by atoms with Crippen molar-refractivity contribution in [2.45, 2.75) is 0 Å². The molecule has 0 aliphatic carbocycles. The quantitative estimate of drug-likeness (QED) is 0.716. The Morgan fingerprint density at radius 1 is 0.870 bits per heavy atom. The molecule has 2 aromatic carbocycles. The fourth-order valence-corrected chi connectivity index (χ4v) is 4.25. The summed E-state index contributed by atoms with van der Waals surface area (Å²) in [7, 11) is -9.14. The van der Waals surface area contributed by atoms with Crippen LogP contribution in [0, 0.1) is 5.82 Å². The molecule has 0 heterocycles. The Bertz CT molecular complexity index is 894. The lowest BCUT2D eigenvalue weighted by atomic mass is 10.3. The van der Waals surface area contributed by atoms with Crippen molar-refractivity contribution in [2.75, 3.05) is 5.08 Å². The normalized spacial score (nSPS) is 11.9. The minimum atomic E-state index is -4.62. The van der Waals surface area contributed by atoms with E-state index in [9.17, 15) is 21.2 Å². The largest absolute Gasteiger partial charge is 0.382 e. The molecule has 0 N–H and O–H groups in total. The van der Waals surface area contributed by atoms with Gasteiger partial charge in [0, 0.05) is 5.02 Å². The molecule has 23 heavy (non-hydrogen) atoms. The Hall–Kier alpha value is -1.84. The standard InChI is InChI=1S/C13H10ClFO6S2/c14-10-5-7-11(8-6-10)20-22(16,17)9-23(18,19)21-13-4-2-1-3-12(13)15/h1-8H,9H2. The Labute approximate surface area is 137 Å². The molecule has 2 aromatic rings. The maximum atomic E-state index is 13.4. The van der Waals surface area contributed by atoms with Crippen molar-refractivity contribution in [3.8, 4) is 11.5 Å². The van der Waals surface area contributed by atoms with Gasteiger partial charge >= 0.3 is 20.2 Å². The fraction of sp³-hybridized carbons (Fsp3) is 0.0769. The summed E-state index contributed by atoms with van der Waals surface area (Å²) < 4.78 is 69.4. The summed E-state index contributed by atoms with van der Waals surface area (Å²) in [5.74, 6) is -1.66. The van der Waals surface area contributed by atoms with E-state index < -0.39 is 36.9 Å². The average molecular weight is 381 g/mol. The molecule has 0 radical (unpaired) electrons. The summed E-state index contributed by atoms with van der Waals surface area (Å²) in [5.41, 5.74) is 0. The fourth-order valence-electron chi connectivity index (χ4n) is 1.51. The molecule has 0 spiro atoms. The highest BCUT2D eigenvalue weighted by atomic mass is 35.5. The van der Waals surface area contributed by atoms with Gasteiger partial charge in [-0.15, -0.1) is 0 Å². The summed E-state index contributed by atoms with van der Waals surface area (Å²) in [6.07, 6.45) is 0. The number of hydrogen-bond acceptors (Lipinski definition) is 6. The molecule has 0 saturated heterocycles. The van der Waals surface area contributed by atoms with E-state index in [4.69, 9.17) is 11.6 Å². The number of para-hydroxylation sites is 1. The second kappa shape index (κ2) is 6.73. The van der Waals surface area contributed by atoms with Gasteiger partial charge in [0.15, 0.2) is 11.6 Å². The van der Waals surface area contributed by atoms with Gasteiger partial charge < -0.3 is 8.37 Å². The smallest absolute Gasteiger partial charge is 0.327 e. The molecule has 0 fully saturated rings. The van der Waals surface area contributed by atoms with Crippen molar-refractivity contribution in [3.63, 3.8) is 0 Å². The Kier molecular flexibility index (Phi) is 5.12. The van der Waals surface area contributed by atoms with E-state index in [0.29, 0.717) is 5.02 Å². The van der Waals surface area contributed by atoms with Gasteiger partial charge in [0.2, 0.25) is 5.08 Å². The van der Waals surface area contributed by atoms with E-state index in [2.05, 4.69) is 8.37 Å². The third-order valence-electron chi connectivity index (χ3n) is 2.38. The van der Waals surface area contributed by atoms with E-state index in [-0.39, 0.29) is 5.75 Å². The third-order valence-corrected chi connectivity index (χ3v) is 5.82. The lowest BCUT2D eigenvalue weighted by Crippen LogP contribution is -2.25. The van der Waals surface area contributed by atoms with Gasteiger partial charge in [0.05, 0.1) is 0 Å². The Morgan fingerprint density at radius 3 is 2.04 bits per heavy atom. The van der Waals surface area contributed by atoms with Crippen LogP contribution in [0.25, 0.3) is 0 Å². The first kappa shape index (κ1) is 17.5. The highest BCUT2D eigenvalue weighted by Gasteiger charge is 2.27. The molecule has 0 aromatic heterocycles. The zero-order chi connectivity index (χ0) is 17.1. The van der Waals surface area contributed by atoms with Crippen molar-refractivity contribution in [1.29, 1.82) is 0 Å². The maximum Gasteiger partial charge on any atom is 0.327 e. The van der Waals surface area contributed by atoms with E-state index >= 15 is 0 Å². The van der Waals surface area contributed by atoms with E-state index in [1.54, 1.807) is 0 Å². The van der Waals surface area contributed by atoms with Gasteiger partial charge in [-0.05, 0) is 36.4 Å². The Morgan fingerprint density at radius 2 is 1.43 bits per heavy atom. The van der Waals surface area contributed by atoms with Gasteiger partial charge in [-0.3, -0.25) is 0 Å². The van der Waals surface area contributed by atoms with Crippen LogP contribution in [0.1, 0.15) is 0 Å². The number of hydrogen-bond donors (Lipinski definition) is 0. The molecular weight excluding hydrogens is 371 g/mol. The van der Waals surface area contributed by atoms with Crippen LogP contribution in [0.5, 0.6) is 11.5 Å². The summed E-state index contributed by atoms with van der Waals surface area (Å²) in [6, 6.07) is 9.95. The lowest BCUT2D eigenvalue weighted by Gasteiger charge is -2.09. The monoisotopic (exact) mass is 380 g/mol. The number of halogens is 2. The van der Waals surface area contributed by atoms with Gasteiger partial charge in [0.1, 0.15) is 5.75 Å². The topological polar surface area (TPSA) is 86.7 Å². The van der Waals surface area contributed by atoms with Crippen molar-refractivity contribution in [1.82, 2.24) is 0 Å². The molecule has 0 aliphatic heterocycles. The first-order chi connectivity index (χ1) is 10.7. The minimum absolute atomic E-state index is 0.115. The van der Waals surface area contributed by atoms with Crippen LogP contribution in [0.2, 0.25) is 5.02 Å². The molecule has 0 saturated carbocycles. The minimum Gasteiger partial charge on any atom is -0.382 e. The highest BCUT2D eigenvalue weighted by Crippen LogP contribution is 2.20. The molecular formula is C13H10ClFO6S2. The summed E-state index contributed by atoms with van der Waals surface area (Å²) >= 11 is 5.64. The van der Waals surface area contributed by atoms with Crippen LogP contribution in [0.3, 0.4) is 0 Å². The summed E-state index contributed by atoms with van der Waals surface area (Å²) in [4.78, 5) is 0. The van der Waals surface area contributed by atoms with Crippen LogP contribution < -0.4 is 8.37 Å². The van der Waals surface area contributed by atoms with Crippen LogP contribution in [0.4, 0.5) is 4.39 Å². The maximum absolute atomic E-state index is 13.4. The lowest BCUT2D eigenvalue weighted by molar-refractivity contribution is 0.458.